The van der Waals surface area contributed by atoms with E-state index in [1.807, 2.05) is 64.3 Å². The lowest BCUT2D eigenvalue weighted by Gasteiger charge is -2.39. The molecule has 2 aromatic carbocycles. The van der Waals surface area contributed by atoms with Crippen molar-refractivity contribution in [2.45, 2.75) is 69.9 Å². The molecule has 1 aliphatic carbocycles. The second-order valence-electron chi connectivity index (χ2n) is 12.8. The van der Waals surface area contributed by atoms with Crippen molar-refractivity contribution in [3.05, 3.63) is 84.2 Å². The molecular weight excluding hydrogens is 548 g/mol. The zero-order chi connectivity index (χ0) is 29.9. The second kappa shape index (κ2) is 12.6. The van der Waals surface area contributed by atoms with Crippen molar-refractivity contribution < 1.29 is 18.4 Å². The number of nitrogens with one attached hydrogen (secondary N) is 1. The van der Waals surface area contributed by atoms with Crippen LogP contribution in [0.5, 0.6) is 0 Å². The third-order valence-electron chi connectivity index (χ3n) is 9.74. The van der Waals surface area contributed by atoms with Gasteiger partial charge in [-0.05, 0) is 79.9 Å². The van der Waals surface area contributed by atoms with Gasteiger partial charge in [-0.2, -0.15) is 5.10 Å². The smallest absolute Gasteiger partial charge is 0.248 e. The van der Waals surface area contributed by atoms with Crippen LogP contribution >= 0.6 is 0 Å². The average molecular weight is 590 g/mol. The molecule has 1 atom stereocenters. The van der Waals surface area contributed by atoms with E-state index in [1.54, 1.807) is 6.20 Å². The first-order valence-corrected chi connectivity index (χ1v) is 15.6. The van der Waals surface area contributed by atoms with E-state index in [0.717, 1.165) is 62.3 Å². The van der Waals surface area contributed by atoms with Crippen molar-refractivity contribution in [3.8, 4) is 5.69 Å². The number of halogens is 2. The Hall–Kier alpha value is -3.59. The summed E-state index contributed by atoms with van der Waals surface area (Å²) in [5.41, 5.74) is 3.19. The molecule has 2 saturated heterocycles. The van der Waals surface area contributed by atoms with Crippen LogP contribution in [0, 0.1) is 11.3 Å². The summed E-state index contributed by atoms with van der Waals surface area (Å²) in [6, 6.07) is 19.9. The summed E-state index contributed by atoms with van der Waals surface area (Å²) in [7, 11) is 0. The van der Waals surface area contributed by atoms with Gasteiger partial charge in [-0.25, -0.2) is 13.5 Å². The lowest BCUT2D eigenvalue weighted by atomic mass is 9.77. The van der Waals surface area contributed by atoms with Crippen LogP contribution in [0.4, 0.5) is 8.78 Å². The number of aromatic nitrogens is 2. The zero-order valence-corrected chi connectivity index (χ0v) is 24.6. The molecule has 2 amide bonds. The third kappa shape index (κ3) is 7.15. The van der Waals surface area contributed by atoms with Gasteiger partial charge in [0.1, 0.15) is 0 Å². The molecule has 9 heteroatoms. The predicted octanol–water partition coefficient (Wildman–Crippen LogP) is 5.76. The van der Waals surface area contributed by atoms with E-state index < -0.39 is 5.92 Å². The fourth-order valence-electron chi connectivity index (χ4n) is 7.02. The molecule has 1 aromatic heterocycles. The minimum Gasteiger partial charge on any atom is -0.349 e. The van der Waals surface area contributed by atoms with Gasteiger partial charge in [-0.1, -0.05) is 42.5 Å². The van der Waals surface area contributed by atoms with Gasteiger partial charge in [0, 0.05) is 57.2 Å². The highest BCUT2D eigenvalue weighted by atomic mass is 19.3. The Kier molecular flexibility index (Phi) is 8.61. The minimum atomic E-state index is -2.64. The predicted molar refractivity (Wildman–Crippen MR) is 161 cm³/mol. The maximum atomic E-state index is 13.6. The first-order valence-electron chi connectivity index (χ1n) is 15.6. The number of piperidine rings is 1. The molecular formula is C34H41F2N5O2. The van der Waals surface area contributed by atoms with Gasteiger partial charge in [-0.3, -0.25) is 9.59 Å². The average Bonchev–Trinajstić information content (AvgIpc) is 3.65. The number of likely N-dealkylation sites (tertiary alicyclic amines) is 2. The summed E-state index contributed by atoms with van der Waals surface area (Å²) in [5.74, 6) is -2.87. The highest BCUT2D eigenvalue weighted by Crippen LogP contribution is 2.42. The summed E-state index contributed by atoms with van der Waals surface area (Å²) in [6.45, 7) is 4.10. The summed E-state index contributed by atoms with van der Waals surface area (Å²) in [6.07, 6.45) is 7.03. The van der Waals surface area contributed by atoms with E-state index in [9.17, 15) is 18.4 Å². The standard InChI is InChI=1S/C34H41F2N5O2/c35-34(36)14-11-28(12-15-34)32(43)38-30(27-5-2-1-3-6-27)13-20-39-21-16-33(17-22-39)23-31(42)40(25-33)24-26-7-9-29(10-8-26)41-19-4-18-37-41/h1-10,18-19,28,30H,11-17,20-25H2,(H,38,43)/t30-/m0/s1. The Morgan fingerprint density at radius 1 is 0.977 bits per heavy atom. The van der Waals surface area contributed by atoms with Gasteiger partial charge in [0.2, 0.25) is 17.7 Å². The molecule has 228 valence electrons. The van der Waals surface area contributed by atoms with Gasteiger partial charge < -0.3 is 15.1 Å². The number of hydrogen-bond donors (Lipinski definition) is 1. The number of carbonyl (C=O) groups is 2. The van der Waals surface area contributed by atoms with E-state index in [-0.39, 0.29) is 54.9 Å². The Morgan fingerprint density at radius 3 is 2.37 bits per heavy atom. The van der Waals surface area contributed by atoms with Crippen molar-refractivity contribution in [1.29, 1.82) is 0 Å². The lowest BCUT2D eigenvalue weighted by molar-refractivity contribution is -0.130. The van der Waals surface area contributed by atoms with Crippen LogP contribution in [0.15, 0.2) is 73.1 Å². The molecule has 3 aromatic rings. The molecule has 2 aliphatic heterocycles. The number of rotatable bonds is 9. The molecule has 1 N–H and O–H groups in total. The van der Waals surface area contributed by atoms with Crippen molar-refractivity contribution in [1.82, 2.24) is 24.9 Å². The normalized spacial score (nSPS) is 21.3. The van der Waals surface area contributed by atoms with Gasteiger partial charge >= 0.3 is 0 Å². The van der Waals surface area contributed by atoms with Crippen LogP contribution in [0.3, 0.4) is 0 Å². The fraction of sp³-hybridized carbons (Fsp3) is 0.500. The molecule has 43 heavy (non-hydrogen) atoms. The molecule has 0 radical (unpaired) electrons. The van der Waals surface area contributed by atoms with E-state index in [2.05, 4.69) is 27.4 Å². The molecule has 6 rings (SSSR count). The van der Waals surface area contributed by atoms with Crippen LogP contribution in [0.25, 0.3) is 5.69 Å². The number of carbonyl (C=O) groups excluding carboxylic acids is 2. The Morgan fingerprint density at radius 2 is 1.70 bits per heavy atom. The van der Waals surface area contributed by atoms with Crippen molar-refractivity contribution in [2.24, 2.45) is 11.3 Å². The lowest BCUT2D eigenvalue weighted by Crippen LogP contribution is -2.43. The van der Waals surface area contributed by atoms with Crippen molar-refractivity contribution in [2.75, 3.05) is 26.2 Å². The summed E-state index contributed by atoms with van der Waals surface area (Å²) >= 11 is 0. The third-order valence-corrected chi connectivity index (χ3v) is 9.74. The summed E-state index contributed by atoms with van der Waals surface area (Å²) in [4.78, 5) is 30.6. The number of amides is 2. The summed E-state index contributed by atoms with van der Waals surface area (Å²) in [5, 5.41) is 7.47. The van der Waals surface area contributed by atoms with Crippen LogP contribution in [-0.2, 0) is 16.1 Å². The van der Waals surface area contributed by atoms with Gasteiger partial charge in [0.25, 0.3) is 0 Å². The zero-order valence-electron chi connectivity index (χ0n) is 24.6. The first kappa shape index (κ1) is 29.5. The number of nitrogens with zero attached hydrogens (tertiary/aromatic N) is 4. The molecule has 3 fully saturated rings. The molecule has 3 heterocycles. The molecule has 7 nitrogen and oxygen atoms in total. The van der Waals surface area contributed by atoms with E-state index >= 15 is 0 Å². The van der Waals surface area contributed by atoms with Crippen molar-refractivity contribution in [3.63, 3.8) is 0 Å². The largest absolute Gasteiger partial charge is 0.349 e. The van der Waals surface area contributed by atoms with Crippen LogP contribution < -0.4 is 5.32 Å². The number of hydrogen-bond acceptors (Lipinski definition) is 4. The topological polar surface area (TPSA) is 70.5 Å². The van der Waals surface area contributed by atoms with Gasteiger partial charge in [0.15, 0.2) is 0 Å². The molecule has 0 unspecified atom stereocenters. The van der Waals surface area contributed by atoms with E-state index in [0.29, 0.717) is 13.0 Å². The quantitative estimate of drug-likeness (QED) is 0.345. The van der Waals surface area contributed by atoms with Gasteiger partial charge in [0.05, 0.1) is 11.7 Å². The first-order chi connectivity index (χ1) is 20.8. The number of alkyl halides is 2. The number of benzene rings is 2. The van der Waals surface area contributed by atoms with Crippen molar-refractivity contribution >= 4 is 11.8 Å². The second-order valence-corrected chi connectivity index (χ2v) is 12.8. The molecule has 0 bridgehead atoms. The monoisotopic (exact) mass is 589 g/mol. The highest BCUT2D eigenvalue weighted by molar-refractivity contribution is 5.80. The van der Waals surface area contributed by atoms with Crippen LogP contribution in [-0.4, -0.2) is 63.5 Å². The van der Waals surface area contributed by atoms with Crippen LogP contribution in [0.2, 0.25) is 0 Å². The molecule has 1 saturated carbocycles. The molecule has 3 aliphatic rings. The van der Waals surface area contributed by atoms with Crippen LogP contribution in [0.1, 0.15) is 68.5 Å². The maximum absolute atomic E-state index is 13.6. The summed E-state index contributed by atoms with van der Waals surface area (Å²) < 4.78 is 29.1. The Labute approximate surface area is 252 Å². The Balaban J connectivity index is 1.00. The van der Waals surface area contributed by atoms with E-state index in [4.69, 9.17) is 0 Å². The fourth-order valence-corrected chi connectivity index (χ4v) is 7.02. The van der Waals surface area contributed by atoms with E-state index in [1.165, 1.54) is 0 Å². The molecule has 1 spiro atoms. The Bertz CT molecular complexity index is 1360. The highest BCUT2D eigenvalue weighted by Gasteiger charge is 2.45. The SMILES string of the molecule is O=C(N[C@@H](CCN1CCC2(CC1)CC(=O)N(Cc1ccc(-n3cccn3)cc1)C2)c1ccccc1)C1CCC(F)(F)CC1. The maximum Gasteiger partial charge on any atom is 0.248 e. The van der Waals surface area contributed by atoms with Gasteiger partial charge in [-0.15, -0.1) is 0 Å². The minimum absolute atomic E-state index is 0.0265.